The summed E-state index contributed by atoms with van der Waals surface area (Å²) in [6.07, 6.45) is 8.49. The lowest BCUT2D eigenvalue weighted by Crippen LogP contribution is -2.65. The Morgan fingerprint density at radius 3 is 2.72 bits per heavy atom. The molecule has 0 amide bonds. The molecule has 0 radical (unpaired) electrons. The van der Waals surface area contributed by atoms with E-state index in [-0.39, 0.29) is 0 Å². The Balaban J connectivity index is 1.75. The number of hydrogen-bond donors (Lipinski definition) is 1. The third-order valence-electron chi connectivity index (χ3n) is 5.46. The molecule has 3 rings (SSSR count). The zero-order valence-electron chi connectivity index (χ0n) is 12.0. The Morgan fingerprint density at radius 1 is 1.33 bits per heavy atom. The van der Waals surface area contributed by atoms with Crippen molar-refractivity contribution >= 4 is 0 Å². The molecule has 3 heteroatoms. The average molecular weight is 252 g/mol. The Bertz CT molecular complexity index is 288. The standard InChI is InChI=1S/C15H28N2O/c1-3-13-10-16-15(7-4-5-8-15)11-17(13)14-6-9-18-12(14)2/h12-14,16H,3-11H2,1-2H3. The van der Waals surface area contributed by atoms with Gasteiger partial charge in [-0.15, -0.1) is 0 Å². The summed E-state index contributed by atoms with van der Waals surface area (Å²) in [5, 5.41) is 3.88. The minimum atomic E-state index is 0.426. The highest BCUT2D eigenvalue weighted by molar-refractivity contribution is 5.03. The molecule has 3 fully saturated rings. The van der Waals surface area contributed by atoms with E-state index in [1.807, 2.05) is 0 Å². The Kier molecular flexibility index (Phi) is 3.65. The van der Waals surface area contributed by atoms with E-state index in [4.69, 9.17) is 4.74 Å². The van der Waals surface area contributed by atoms with Crippen molar-refractivity contribution < 1.29 is 4.74 Å². The Hall–Kier alpha value is -0.120. The zero-order valence-corrected chi connectivity index (χ0v) is 12.0. The third-order valence-corrected chi connectivity index (χ3v) is 5.46. The van der Waals surface area contributed by atoms with Crippen LogP contribution in [0.25, 0.3) is 0 Å². The quantitative estimate of drug-likeness (QED) is 0.815. The van der Waals surface area contributed by atoms with Crippen LogP contribution in [0.4, 0.5) is 0 Å². The predicted molar refractivity (Wildman–Crippen MR) is 73.8 cm³/mol. The molecule has 2 aliphatic heterocycles. The van der Waals surface area contributed by atoms with Crippen LogP contribution in [-0.4, -0.2) is 48.3 Å². The van der Waals surface area contributed by atoms with Crippen molar-refractivity contribution in [3.8, 4) is 0 Å². The summed E-state index contributed by atoms with van der Waals surface area (Å²) >= 11 is 0. The highest BCUT2D eigenvalue weighted by Crippen LogP contribution is 2.36. The van der Waals surface area contributed by atoms with Gasteiger partial charge in [0.05, 0.1) is 6.10 Å². The topological polar surface area (TPSA) is 24.5 Å². The molecule has 0 aromatic carbocycles. The second kappa shape index (κ2) is 5.10. The van der Waals surface area contributed by atoms with E-state index in [1.54, 1.807) is 0 Å². The van der Waals surface area contributed by atoms with Crippen LogP contribution >= 0.6 is 0 Å². The van der Waals surface area contributed by atoms with E-state index in [1.165, 1.54) is 51.6 Å². The number of nitrogens with one attached hydrogen (secondary N) is 1. The van der Waals surface area contributed by atoms with E-state index < -0.39 is 0 Å². The minimum absolute atomic E-state index is 0.426. The summed E-state index contributed by atoms with van der Waals surface area (Å²) in [5.74, 6) is 0. The molecule has 1 aliphatic carbocycles. The Morgan fingerprint density at radius 2 is 2.11 bits per heavy atom. The highest BCUT2D eigenvalue weighted by Gasteiger charge is 2.44. The van der Waals surface area contributed by atoms with Gasteiger partial charge in [0.15, 0.2) is 0 Å². The lowest BCUT2D eigenvalue weighted by molar-refractivity contribution is 0.00803. The number of hydrogen-bond acceptors (Lipinski definition) is 3. The fourth-order valence-electron chi connectivity index (χ4n) is 4.30. The van der Waals surface area contributed by atoms with Crippen molar-refractivity contribution in [2.45, 2.75) is 76.1 Å². The first-order valence-corrected chi connectivity index (χ1v) is 7.86. The van der Waals surface area contributed by atoms with Crippen molar-refractivity contribution in [1.29, 1.82) is 0 Å². The van der Waals surface area contributed by atoms with Gasteiger partial charge in [-0.3, -0.25) is 4.90 Å². The first-order chi connectivity index (χ1) is 8.74. The molecule has 104 valence electrons. The molecule has 0 aromatic heterocycles. The maximum Gasteiger partial charge on any atom is 0.0703 e. The molecular weight excluding hydrogens is 224 g/mol. The van der Waals surface area contributed by atoms with E-state index in [9.17, 15) is 0 Å². The lowest BCUT2D eigenvalue weighted by atomic mass is 9.89. The van der Waals surface area contributed by atoms with Crippen LogP contribution in [0.3, 0.4) is 0 Å². The molecule has 3 unspecified atom stereocenters. The predicted octanol–water partition coefficient (Wildman–Crippen LogP) is 2.16. The first-order valence-electron chi connectivity index (χ1n) is 7.86. The van der Waals surface area contributed by atoms with Gasteiger partial charge in [0.1, 0.15) is 0 Å². The van der Waals surface area contributed by atoms with Crippen molar-refractivity contribution in [2.75, 3.05) is 19.7 Å². The van der Waals surface area contributed by atoms with Crippen molar-refractivity contribution in [3.63, 3.8) is 0 Å². The molecule has 1 N–H and O–H groups in total. The van der Waals surface area contributed by atoms with Gasteiger partial charge >= 0.3 is 0 Å². The monoisotopic (exact) mass is 252 g/mol. The van der Waals surface area contributed by atoms with Gasteiger partial charge in [-0.2, -0.15) is 0 Å². The molecule has 3 aliphatic rings. The van der Waals surface area contributed by atoms with Crippen molar-refractivity contribution in [1.82, 2.24) is 10.2 Å². The van der Waals surface area contributed by atoms with Gasteiger partial charge in [0, 0.05) is 37.3 Å². The SMILES string of the molecule is CCC1CNC2(CCCC2)CN1C1CCOC1C. The number of rotatable bonds is 2. The van der Waals surface area contributed by atoms with Gasteiger partial charge in [0.2, 0.25) is 0 Å². The molecule has 0 aromatic rings. The minimum Gasteiger partial charge on any atom is -0.377 e. The normalized spacial score (nSPS) is 40.7. The van der Waals surface area contributed by atoms with Gasteiger partial charge in [-0.05, 0) is 32.6 Å². The van der Waals surface area contributed by atoms with Crippen LogP contribution in [0.2, 0.25) is 0 Å². The summed E-state index contributed by atoms with van der Waals surface area (Å²) in [6.45, 7) is 7.98. The third kappa shape index (κ3) is 2.21. The fourth-order valence-corrected chi connectivity index (χ4v) is 4.30. The molecule has 3 nitrogen and oxygen atoms in total. The second-order valence-electron chi connectivity index (χ2n) is 6.53. The molecule has 3 atom stereocenters. The van der Waals surface area contributed by atoms with Gasteiger partial charge in [0.25, 0.3) is 0 Å². The van der Waals surface area contributed by atoms with Crippen LogP contribution in [-0.2, 0) is 4.74 Å². The Labute approximate surface area is 111 Å². The second-order valence-corrected chi connectivity index (χ2v) is 6.53. The first kappa shape index (κ1) is 12.9. The van der Waals surface area contributed by atoms with Gasteiger partial charge in [-0.1, -0.05) is 19.8 Å². The molecule has 1 saturated carbocycles. The summed E-state index contributed by atoms with van der Waals surface area (Å²) in [4.78, 5) is 2.79. The average Bonchev–Trinajstić information content (AvgIpc) is 2.99. The number of ether oxygens (including phenoxy) is 1. The smallest absolute Gasteiger partial charge is 0.0703 e. The maximum atomic E-state index is 5.80. The number of piperazine rings is 1. The van der Waals surface area contributed by atoms with E-state index in [2.05, 4.69) is 24.1 Å². The van der Waals surface area contributed by atoms with Crippen LogP contribution in [0, 0.1) is 0 Å². The summed E-state index contributed by atoms with van der Waals surface area (Å²) in [6, 6.07) is 1.37. The van der Waals surface area contributed by atoms with Crippen molar-refractivity contribution in [2.24, 2.45) is 0 Å². The molecule has 0 bridgehead atoms. The molecular formula is C15H28N2O. The number of nitrogens with zero attached hydrogens (tertiary/aromatic N) is 1. The van der Waals surface area contributed by atoms with Gasteiger partial charge < -0.3 is 10.1 Å². The highest BCUT2D eigenvalue weighted by atomic mass is 16.5. The zero-order chi connectivity index (χ0) is 12.6. The fraction of sp³-hybridized carbons (Fsp3) is 1.00. The molecule has 2 saturated heterocycles. The maximum absolute atomic E-state index is 5.80. The van der Waals surface area contributed by atoms with Crippen LogP contribution in [0.15, 0.2) is 0 Å². The molecule has 2 heterocycles. The lowest BCUT2D eigenvalue weighted by Gasteiger charge is -2.49. The molecule has 1 spiro atoms. The summed E-state index contributed by atoms with van der Waals surface area (Å²) in [7, 11) is 0. The summed E-state index contributed by atoms with van der Waals surface area (Å²) in [5.41, 5.74) is 0.438. The largest absolute Gasteiger partial charge is 0.377 e. The van der Waals surface area contributed by atoms with Crippen molar-refractivity contribution in [3.05, 3.63) is 0 Å². The van der Waals surface area contributed by atoms with E-state index in [0.717, 1.165) is 6.61 Å². The van der Waals surface area contributed by atoms with Crippen LogP contribution in [0.1, 0.15) is 52.4 Å². The van der Waals surface area contributed by atoms with Crippen LogP contribution in [0.5, 0.6) is 0 Å². The van der Waals surface area contributed by atoms with E-state index in [0.29, 0.717) is 23.7 Å². The van der Waals surface area contributed by atoms with E-state index >= 15 is 0 Å². The van der Waals surface area contributed by atoms with Crippen LogP contribution < -0.4 is 5.32 Å². The summed E-state index contributed by atoms with van der Waals surface area (Å²) < 4.78 is 5.80. The van der Waals surface area contributed by atoms with Gasteiger partial charge in [-0.25, -0.2) is 0 Å². The molecule has 18 heavy (non-hydrogen) atoms.